The third-order valence-electron chi connectivity index (χ3n) is 7.34. The Morgan fingerprint density at radius 1 is 0.786 bits per heavy atom. The van der Waals surface area contributed by atoms with Crippen LogP contribution in [0.5, 0.6) is 0 Å². The lowest BCUT2D eigenvalue weighted by Crippen LogP contribution is -2.25. The molecule has 0 aliphatic heterocycles. The molecule has 0 fully saturated rings. The van der Waals surface area contributed by atoms with Gasteiger partial charge in [-0.15, -0.1) is 0 Å². The molecule has 0 unspecified atom stereocenters. The van der Waals surface area contributed by atoms with Crippen molar-refractivity contribution in [2.45, 2.75) is 52.9 Å². The van der Waals surface area contributed by atoms with E-state index in [9.17, 15) is 4.79 Å². The Morgan fingerprint density at radius 3 is 2.29 bits per heavy atom. The van der Waals surface area contributed by atoms with Gasteiger partial charge in [-0.05, 0) is 73.0 Å². The maximum Gasteiger partial charge on any atom is 0.255 e. The van der Waals surface area contributed by atoms with E-state index in [4.69, 9.17) is 0 Å². The fourth-order valence-corrected chi connectivity index (χ4v) is 5.40. The van der Waals surface area contributed by atoms with E-state index in [2.05, 4.69) is 68.2 Å². The number of hydrogen-bond acceptors (Lipinski definition) is 5. The molecule has 7 heteroatoms. The molecule has 2 N–H and O–H groups in total. The van der Waals surface area contributed by atoms with E-state index in [1.54, 1.807) is 6.20 Å². The van der Waals surface area contributed by atoms with Gasteiger partial charge in [-0.1, -0.05) is 62.4 Å². The third-order valence-corrected chi connectivity index (χ3v) is 7.34. The topological polar surface area (TPSA) is 77.2 Å². The molecule has 0 spiro atoms. The number of para-hydroxylation sites is 1. The van der Waals surface area contributed by atoms with Crippen molar-refractivity contribution in [3.8, 4) is 0 Å². The molecule has 0 aliphatic rings. The molecule has 2 heterocycles. The maximum atomic E-state index is 13.5. The number of aromatic nitrogens is 3. The van der Waals surface area contributed by atoms with Crippen LogP contribution in [0.15, 0.2) is 97.5 Å². The van der Waals surface area contributed by atoms with E-state index in [0.717, 1.165) is 66.0 Å². The molecule has 5 rings (SSSR count). The molecule has 7 nitrogen and oxygen atoms in total. The van der Waals surface area contributed by atoms with Gasteiger partial charge in [-0.2, -0.15) is 0 Å². The number of nitrogens with one attached hydrogen (secondary N) is 2. The summed E-state index contributed by atoms with van der Waals surface area (Å²) in [5, 5.41) is 4.23. The molecule has 216 valence electrons. The predicted molar refractivity (Wildman–Crippen MR) is 170 cm³/mol. The lowest BCUT2D eigenvalue weighted by atomic mass is 10.1. The Labute approximate surface area is 248 Å². The number of carbonyl (C=O) groups excluding carboxylic acids is 1. The molecular weight excluding hydrogens is 520 g/mol. The number of benzene rings is 3. The van der Waals surface area contributed by atoms with E-state index in [1.807, 2.05) is 67.0 Å². The van der Waals surface area contributed by atoms with Crippen LogP contribution < -0.4 is 5.32 Å². The zero-order valence-corrected chi connectivity index (χ0v) is 24.6. The minimum absolute atomic E-state index is 0.109. The van der Waals surface area contributed by atoms with Gasteiger partial charge in [0.2, 0.25) is 0 Å². The average Bonchev–Trinajstić information content (AvgIpc) is 3.52. The van der Waals surface area contributed by atoms with Crippen molar-refractivity contribution in [1.29, 1.82) is 0 Å². The van der Waals surface area contributed by atoms with Gasteiger partial charge in [0.15, 0.2) is 0 Å². The number of anilines is 1. The second kappa shape index (κ2) is 14.5. The molecule has 0 radical (unpaired) electrons. The van der Waals surface area contributed by atoms with Crippen LogP contribution in [-0.4, -0.2) is 43.7 Å². The van der Waals surface area contributed by atoms with Crippen molar-refractivity contribution in [2.75, 3.05) is 18.4 Å². The summed E-state index contributed by atoms with van der Waals surface area (Å²) in [6.45, 7) is 9.42. The van der Waals surface area contributed by atoms with E-state index >= 15 is 0 Å². The number of aromatic amines is 1. The minimum atomic E-state index is -0.109. The summed E-state index contributed by atoms with van der Waals surface area (Å²) >= 11 is 0. The number of hydrogen-bond donors (Lipinski definition) is 2. The van der Waals surface area contributed by atoms with Crippen LogP contribution in [0.2, 0.25) is 0 Å². The zero-order chi connectivity index (χ0) is 29.1. The first-order chi connectivity index (χ1) is 20.6. The fourth-order valence-electron chi connectivity index (χ4n) is 5.40. The van der Waals surface area contributed by atoms with Crippen LogP contribution in [0.4, 0.5) is 5.69 Å². The molecule has 0 saturated carbocycles. The molecule has 0 bridgehead atoms. The van der Waals surface area contributed by atoms with Crippen molar-refractivity contribution in [1.82, 2.24) is 24.8 Å². The largest absolute Gasteiger partial charge is 0.348 e. The number of carbonyl (C=O) groups is 1. The highest BCUT2D eigenvalue weighted by molar-refractivity contribution is 6.05. The molecule has 0 saturated heterocycles. The summed E-state index contributed by atoms with van der Waals surface area (Å²) < 4.78 is 0. The van der Waals surface area contributed by atoms with E-state index < -0.39 is 0 Å². The molecule has 1 amide bonds. The first-order valence-electron chi connectivity index (χ1n) is 14.9. The van der Waals surface area contributed by atoms with Crippen LogP contribution in [-0.2, 0) is 26.2 Å². The summed E-state index contributed by atoms with van der Waals surface area (Å²) in [6, 6.07) is 26.4. The van der Waals surface area contributed by atoms with Crippen LogP contribution in [0.1, 0.15) is 59.6 Å². The highest BCUT2D eigenvalue weighted by Gasteiger charge is 2.17. The Bertz CT molecular complexity index is 1560. The van der Waals surface area contributed by atoms with Crippen molar-refractivity contribution >= 4 is 22.5 Å². The first-order valence-corrected chi connectivity index (χ1v) is 14.9. The van der Waals surface area contributed by atoms with Crippen molar-refractivity contribution in [3.63, 3.8) is 0 Å². The number of H-pyrrole nitrogens is 1. The average molecular weight is 561 g/mol. The van der Waals surface area contributed by atoms with Gasteiger partial charge in [0.05, 0.1) is 12.1 Å². The number of fused-ring (bicyclic) bond motifs is 1. The lowest BCUT2D eigenvalue weighted by molar-refractivity contribution is 0.102. The normalized spacial score (nSPS) is 11.4. The third kappa shape index (κ3) is 7.90. The van der Waals surface area contributed by atoms with Crippen LogP contribution in [0.3, 0.4) is 0 Å². The maximum absolute atomic E-state index is 13.5. The molecule has 5 aromatic rings. The van der Waals surface area contributed by atoms with Gasteiger partial charge < -0.3 is 10.3 Å². The molecule has 2 aromatic heterocycles. The zero-order valence-electron chi connectivity index (χ0n) is 24.6. The second-order valence-electron chi connectivity index (χ2n) is 10.8. The Hall–Kier alpha value is -4.33. The Morgan fingerprint density at radius 2 is 1.52 bits per heavy atom. The molecular formula is C35H40N6O. The Balaban J connectivity index is 1.30. The SMILES string of the molecule is CCCN(CCC)Cc1ccc(NC(=O)c2ccccc2CN(Cc2cnc3ccccc3c2)Cc2ncc[nH]2)cc1. The summed E-state index contributed by atoms with van der Waals surface area (Å²) in [4.78, 5) is 30.6. The number of rotatable bonds is 14. The molecule has 0 aliphatic carbocycles. The number of pyridine rings is 1. The molecule has 0 atom stereocenters. The predicted octanol–water partition coefficient (Wildman–Crippen LogP) is 7.03. The van der Waals surface area contributed by atoms with Gasteiger partial charge >= 0.3 is 0 Å². The van der Waals surface area contributed by atoms with Crippen LogP contribution in [0.25, 0.3) is 10.9 Å². The highest BCUT2D eigenvalue weighted by Crippen LogP contribution is 2.20. The number of imidazole rings is 1. The van der Waals surface area contributed by atoms with Crippen LogP contribution >= 0.6 is 0 Å². The smallest absolute Gasteiger partial charge is 0.255 e. The minimum Gasteiger partial charge on any atom is -0.348 e. The quantitative estimate of drug-likeness (QED) is 0.152. The van der Waals surface area contributed by atoms with E-state index in [-0.39, 0.29) is 5.91 Å². The van der Waals surface area contributed by atoms with Crippen LogP contribution in [0, 0.1) is 0 Å². The fraction of sp³-hybridized carbons (Fsp3) is 0.286. The van der Waals surface area contributed by atoms with Gasteiger partial charge in [0, 0.05) is 54.9 Å². The first kappa shape index (κ1) is 29.2. The Kier molecular flexibility index (Phi) is 10.1. The standard InChI is InChI=1S/C35H40N6O/c1-3-19-40(20-4-2)23-27-13-15-31(16-14-27)39-35(42)32-11-7-5-10-30(32)25-41(26-34-36-17-18-37-34)24-28-21-29-9-6-8-12-33(29)38-22-28/h5-18,21-22H,3-4,19-20,23-26H2,1-2H3,(H,36,37)(H,39,42). The lowest BCUT2D eigenvalue weighted by Gasteiger charge is -2.23. The van der Waals surface area contributed by atoms with Gasteiger partial charge in [-0.3, -0.25) is 19.6 Å². The number of nitrogens with zero attached hydrogens (tertiary/aromatic N) is 4. The van der Waals surface area contributed by atoms with Gasteiger partial charge in [-0.25, -0.2) is 4.98 Å². The highest BCUT2D eigenvalue weighted by atomic mass is 16.1. The molecule has 42 heavy (non-hydrogen) atoms. The monoisotopic (exact) mass is 560 g/mol. The van der Waals surface area contributed by atoms with Crippen molar-refractivity contribution in [3.05, 3.63) is 126 Å². The summed E-state index contributed by atoms with van der Waals surface area (Å²) in [5.74, 6) is 0.768. The van der Waals surface area contributed by atoms with Crippen molar-refractivity contribution < 1.29 is 4.79 Å². The van der Waals surface area contributed by atoms with E-state index in [0.29, 0.717) is 25.2 Å². The van der Waals surface area contributed by atoms with Gasteiger partial charge in [0.25, 0.3) is 5.91 Å². The summed E-state index contributed by atoms with van der Waals surface area (Å²) in [6.07, 6.45) is 7.83. The second-order valence-corrected chi connectivity index (χ2v) is 10.8. The number of amides is 1. The molecule has 3 aromatic carbocycles. The van der Waals surface area contributed by atoms with Crippen molar-refractivity contribution in [2.24, 2.45) is 0 Å². The van der Waals surface area contributed by atoms with Gasteiger partial charge in [0.1, 0.15) is 5.82 Å². The summed E-state index contributed by atoms with van der Waals surface area (Å²) in [5.41, 5.74) is 5.77. The van der Waals surface area contributed by atoms with E-state index in [1.165, 1.54) is 5.56 Å². The summed E-state index contributed by atoms with van der Waals surface area (Å²) in [7, 11) is 0.